The Hall–Kier alpha value is -1.22. The molecular weight excluding hydrogens is 183 g/mol. The van der Waals surface area contributed by atoms with E-state index in [4.69, 9.17) is 0 Å². The predicted molar refractivity (Wildman–Crippen MR) is 51.4 cm³/mol. The smallest absolute Gasteiger partial charge is 0.123 e. The average Bonchev–Trinajstić information content (AvgIpc) is 2.02. The summed E-state index contributed by atoms with van der Waals surface area (Å²) in [5.74, 6) is -0.329. The first-order valence-corrected chi connectivity index (χ1v) is 4.44. The Morgan fingerprint density at radius 1 is 1.57 bits per heavy atom. The summed E-state index contributed by atoms with van der Waals surface area (Å²) >= 11 is 0. The van der Waals surface area contributed by atoms with Crippen molar-refractivity contribution in [3.63, 3.8) is 0 Å². The summed E-state index contributed by atoms with van der Waals surface area (Å²) in [6.07, 6.45) is 1.01. The van der Waals surface area contributed by atoms with Crippen molar-refractivity contribution in [3.05, 3.63) is 35.6 Å². The maximum absolute atomic E-state index is 12.8. The number of halogens is 1. The molecule has 0 bridgehead atoms. The zero-order chi connectivity index (χ0) is 10.6. The van der Waals surface area contributed by atoms with Gasteiger partial charge in [-0.15, -0.1) is 0 Å². The molecule has 1 N–H and O–H groups in total. The molecule has 0 spiro atoms. The van der Waals surface area contributed by atoms with E-state index in [1.807, 2.05) is 0 Å². The molecule has 0 fully saturated rings. The van der Waals surface area contributed by atoms with E-state index in [9.17, 15) is 14.3 Å². The van der Waals surface area contributed by atoms with Crippen molar-refractivity contribution in [2.45, 2.75) is 25.4 Å². The largest absolute Gasteiger partial charge is 0.389 e. The fourth-order valence-corrected chi connectivity index (χ4v) is 1.34. The van der Waals surface area contributed by atoms with Gasteiger partial charge in [0, 0.05) is 12.8 Å². The fourth-order valence-electron chi connectivity index (χ4n) is 1.34. The van der Waals surface area contributed by atoms with Gasteiger partial charge in [0.25, 0.3) is 0 Å². The van der Waals surface area contributed by atoms with Crippen LogP contribution in [0.25, 0.3) is 0 Å². The third-order valence-corrected chi connectivity index (χ3v) is 2.00. The van der Waals surface area contributed by atoms with Crippen LogP contribution in [0.1, 0.15) is 18.9 Å². The Kier molecular flexibility index (Phi) is 3.36. The van der Waals surface area contributed by atoms with E-state index in [1.165, 1.54) is 12.1 Å². The van der Waals surface area contributed by atoms with Gasteiger partial charge in [-0.2, -0.15) is 0 Å². The van der Waals surface area contributed by atoms with Crippen LogP contribution in [0.5, 0.6) is 0 Å². The SMILES string of the molecule is CC(O)(CC=O)Cc1cccc(F)c1. The zero-order valence-electron chi connectivity index (χ0n) is 8.03. The van der Waals surface area contributed by atoms with Crippen LogP contribution < -0.4 is 0 Å². The van der Waals surface area contributed by atoms with Gasteiger partial charge in [0.1, 0.15) is 12.1 Å². The topological polar surface area (TPSA) is 37.3 Å². The normalized spacial score (nSPS) is 14.8. The molecule has 0 heterocycles. The van der Waals surface area contributed by atoms with Gasteiger partial charge in [-0.05, 0) is 24.6 Å². The van der Waals surface area contributed by atoms with Gasteiger partial charge >= 0.3 is 0 Å². The van der Waals surface area contributed by atoms with E-state index in [0.29, 0.717) is 11.8 Å². The third kappa shape index (κ3) is 3.26. The number of carbonyl (C=O) groups is 1. The van der Waals surface area contributed by atoms with Crippen LogP contribution in [0.2, 0.25) is 0 Å². The molecule has 14 heavy (non-hydrogen) atoms. The van der Waals surface area contributed by atoms with Gasteiger partial charge in [-0.3, -0.25) is 0 Å². The van der Waals surface area contributed by atoms with E-state index in [2.05, 4.69) is 0 Å². The van der Waals surface area contributed by atoms with Crippen LogP contribution in [0.4, 0.5) is 4.39 Å². The molecule has 1 aromatic carbocycles. The Labute approximate surface area is 82.4 Å². The predicted octanol–water partition coefficient (Wildman–Crippen LogP) is 1.71. The van der Waals surface area contributed by atoms with Gasteiger partial charge in [-0.25, -0.2) is 4.39 Å². The van der Waals surface area contributed by atoms with Crippen LogP contribution >= 0.6 is 0 Å². The molecule has 0 amide bonds. The molecule has 0 aliphatic heterocycles. The Bertz CT molecular complexity index is 321. The highest BCUT2D eigenvalue weighted by atomic mass is 19.1. The molecule has 76 valence electrons. The summed E-state index contributed by atoms with van der Waals surface area (Å²) in [7, 11) is 0. The lowest BCUT2D eigenvalue weighted by Gasteiger charge is -2.20. The third-order valence-electron chi connectivity index (χ3n) is 2.00. The highest BCUT2D eigenvalue weighted by Gasteiger charge is 2.20. The van der Waals surface area contributed by atoms with Crippen molar-refractivity contribution in [2.75, 3.05) is 0 Å². The van der Waals surface area contributed by atoms with E-state index in [0.717, 1.165) is 0 Å². The van der Waals surface area contributed by atoms with Crippen molar-refractivity contribution in [1.82, 2.24) is 0 Å². The van der Waals surface area contributed by atoms with Crippen LogP contribution in [0.3, 0.4) is 0 Å². The van der Waals surface area contributed by atoms with Crippen LogP contribution in [0.15, 0.2) is 24.3 Å². The summed E-state index contributed by atoms with van der Waals surface area (Å²) in [5, 5.41) is 9.71. The first-order chi connectivity index (χ1) is 6.53. The molecule has 1 atom stereocenters. The van der Waals surface area contributed by atoms with Crippen LogP contribution in [0, 0.1) is 5.82 Å². The molecule has 1 unspecified atom stereocenters. The van der Waals surface area contributed by atoms with E-state index in [1.54, 1.807) is 19.1 Å². The first kappa shape index (κ1) is 10.9. The second kappa shape index (κ2) is 4.33. The maximum atomic E-state index is 12.8. The quantitative estimate of drug-likeness (QED) is 0.744. The second-order valence-corrected chi connectivity index (χ2v) is 3.67. The number of rotatable bonds is 4. The number of benzene rings is 1. The molecule has 3 heteroatoms. The lowest BCUT2D eigenvalue weighted by molar-refractivity contribution is -0.111. The molecule has 1 rings (SSSR count). The van der Waals surface area contributed by atoms with Crippen molar-refractivity contribution in [3.8, 4) is 0 Å². The van der Waals surface area contributed by atoms with Crippen LogP contribution in [-0.4, -0.2) is 17.0 Å². The van der Waals surface area contributed by atoms with E-state index < -0.39 is 5.60 Å². The van der Waals surface area contributed by atoms with Gasteiger partial charge in [0.15, 0.2) is 0 Å². The number of aldehydes is 1. The monoisotopic (exact) mass is 196 g/mol. The van der Waals surface area contributed by atoms with Crippen molar-refractivity contribution >= 4 is 6.29 Å². The summed E-state index contributed by atoms with van der Waals surface area (Å²) in [5.41, 5.74) is -0.396. The van der Waals surface area contributed by atoms with Gasteiger partial charge in [0.05, 0.1) is 5.60 Å². The van der Waals surface area contributed by atoms with Gasteiger partial charge in [-0.1, -0.05) is 12.1 Å². The maximum Gasteiger partial charge on any atom is 0.123 e. The molecule has 1 aromatic rings. The molecule has 0 aliphatic rings. The highest BCUT2D eigenvalue weighted by molar-refractivity contribution is 5.51. The Morgan fingerprint density at radius 3 is 2.86 bits per heavy atom. The van der Waals surface area contributed by atoms with Crippen molar-refractivity contribution < 1.29 is 14.3 Å². The minimum absolute atomic E-state index is 0.0590. The molecule has 0 saturated heterocycles. The average molecular weight is 196 g/mol. The first-order valence-electron chi connectivity index (χ1n) is 4.44. The van der Waals surface area contributed by atoms with Gasteiger partial charge < -0.3 is 9.90 Å². The van der Waals surface area contributed by atoms with Crippen molar-refractivity contribution in [1.29, 1.82) is 0 Å². The lowest BCUT2D eigenvalue weighted by Crippen LogP contribution is -2.27. The molecule has 0 saturated carbocycles. The summed E-state index contributed by atoms with van der Waals surface area (Å²) < 4.78 is 12.8. The number of aliphatic hydroxyl groups is 1. The zero-order valence-corrected chi connectivity index (χ0v) is 8.03. The van der Waals surface area contributed by atoms with Crippen molar-refractivity contribution in [2.24, 2.45) is 0 Å². The fraction of sp³-hybridized carbons (Fsp3) is 0.364. The minimum Gasteiger partial charge on any atom is -0.389 e. The molecule has 2 nitrogen and oxygen atoms in total. The summed E-state index contributed by atoms with van der Waals surface area (Å²) in [4.78, 5) is 10.2. The Balaban J connectivity index is 2.72. The summed E-state index contributed by atoms with van der Waals surface area (Å²) in [6, 6.07) is 6.02. The minimum atomic E-state index is -1.09. The Morgan fingerprint density at radius 2 is 2.29 bits per heavy atom. The van der Waals surface area contributed by atoms with Gasteiger partial charge in [0.2, 0.25) is 0 Å². The number of hydrogen-bond donors (Lipinski definition) is 1. The number of carbonyl (C=O) groups excluding carboxylic acids is 1. The van der Waals surface area contributed by atoms with Crippen LogP contribution in [-0.2, 0) is 11.2 Å². The van der Waals surface area contributed by atoms with E-state index in [-0.39, 0.29) is 18.7 Å². The number of hydrogen-bond acceptors (Lipinski definition) is 2. The van der Waals surface area contributed by atoms with E-state index >= 15 is 0 Å². The highest BCUT2D eigenvalue weighted by Crippen LogP contribution is 2.16. The molecular formula is C11H13FO2. The standard InChI is InChI=1S/C11H13FO2/c1-11(14,5-6-13)8-9-3-2-4-10(12)7-9/h2-4,6-7,14H,5,8H2,1H3. The molecule has 0 aliphatic carbocycles. The lowest BCUT2D eigenvalue weighted by atomic mass is 9.94. The molecule has 0 aromatic heterocycles. The molecule has 0 radical (unpaired) electrons. The summed E-state index contributed by atoms with van der Waals surface area (Å²) in [6.45, 7) is 1.56. The second-order valence-electron chi connectivity index (χ2n) is 3.67.